The van der Waals surface area contributed by atoms with Crippen LogP contribution in [-0.4, -0.2) is 17.2 Å². The summed E-state index contributed by atoms with van der Waals surface area (Å²) < 4.78 is 0. The highest BCUT2D eigenvalue weighted by Gasteiger charge is 2.09. The minimum Gasteiger partial charge on any atom is -0.330 e. The van der Waals surface area contributed by atoms with Crippen LogP contribution >= 0.6 is 0 Å². The maximum Gasteiger partial charge on any atom is 0.228 e. The number of carbonyl (C=O) groups excluding carboxylic acids is 2. The third-order valence-corrected chi connectivity index (χ3v) is 2.83. The Kier molecular flexibility index (Phi) is 6.81. The van der Waals surface area contributed by atoms with Crippen LogP contribution in [-0.2, 0) is 17.6 Å². The normalized spacial score (nSPS) is 11.4. The zero-order chi connectivity index (χ0) is 15.7. The molecular formula is C17H20N2O2. The Morgan fingerprint density at radius 3 is 2.81 bits per heavy atom. The first kappa shape index (κ1) is 16.6. The number of aromatic nitrogens is 1. The maximum atomic E-state index is 12.0. The number of hydrogen-bond acceptors (Lipinski definition) is 3. The predicted molar refractivity (Wildman–Crippen MR) is 83.9 cm³/mol. The Hall–Kier alpha value is -2.49. The number of hydrogen-bond donors (Lipinski definition) is 1. The Bertz CT molecular complexity index is 586. The van der Waals surface area contributed by atoms with Crippen LogP contribution < -0.4 is 5.32 Å². The fourth-order valence-corrected chi connectivity index (χ4v) is 1.85. The van der Waals surface area contributed by atoms with Gasteiger partial charge < -0.3 is 5.32 Å². The van der Waals surface area contributed by atoms with Crippen molar-refractivity contribution in [2.24, 2.45) is 0 Å². The van der Waals surface area contributed by atoms with E-state index in [1.54, 1.807) is 30.4 Å². The van der Waals surface area contributed by atoms with E-state index in [0.29, 0.717) is 5.56 Å². The Morgan fingerprint density at radius 1 is 1.43 bits per heavy atom. The summed E-state index contributed by atoms with van der Waals surface area (Å²) in [5.41, 5.74) is 2.85. The van der Waals surface area contributed by atoms with E-state index in [-0.39, 0.29) is 12.3 Å². The minimum atomic E-state index is -0.129. The highest BCUT2D eigenvalue weighted by atomic mass is 16.1. The number of aldehydes is 1. The smallest absolute Gasteiger partial charge is 0.228 e. The molecule has 1 rings (SSSR count). The van der Waals surface area contributed by atoms with E-state index in [1.807, 2.05) is 13.8 Å². The summed E-state index contributed by atoms with van der Waals surface area (Å²) in [7, 11) is 0. The van der Waals surface area contributed by atoms with Crippen LogP contribution in [0, 0.1) is 0 Å². The molecule has 0 aromatic carbocycles. The largest absolute Gasteiger partial charge is 0.330 e. The summed E-state index contributed by atoms with van der Waals surface area (Å²) in [4.78, 5) is 27.0. The quantitative estimate of drug-likeness (QED) is 0.618. The number of carbonyl (C=O) groups is 2. The summed E-state index contributed by atoms with van der Waals surface area (Å²) in [6, 6.07) is 1.72. The summed E-state index contributed by atoms with van der Waals surface area (Å²) in [5.74, 6) is -0.129. The Balaban J connectivity index is 2.78. The van der Waals surface area contributed by atoms with Crippen molar-refractivity contribution in [2.75, 3.05) is 0 Å². The molecule has 110 valence electrons. The third-order valence-electron chi connectivity index (χ3n) is 2.83. The lowest BCUT2D eigenvalue weighted by Gasteiger charge is -2.08. The van der Waals surface area contributed by atoms with Gasteiger partial charge in [0.05, 0.1) is 6.42 Å². The van der Waals surface area contributed by atoms with Crippen LogP contribution in [0.5, 0.6) is 0 Å². The van der Waals surface area contributed by atoms with Gasteiger partial charge in [-0.3, -0.25) is 14.6 Å². The molecule has 1 N–H and O–H groups in total. The van der Waals surface area contributed by atoms with Crippen molar-refractivity contribution in [2.45, 2.75) is 26.7 Å². The van der Waals surface area contributed by atoms with Crippen molar-refractivity contribution in [3.63, 3.8) is 0 Å². The summed E-state index contributed by atoms with van der Waals surface area (Å²) in [5, 5.41) is 2.80. The van der Waals surface area contributed by atoms with E-state index in [9.17, 15) is 9.59 Å². The molecule has 1 aromatic heterocycles. The zero-order valence-corrected chi connectivity index (χ0v) is 12.4. The fourth-order valence-electron chi connectivity index (χ4n) is 1.85. The zero-order valence-electron chi connectivity index (χ0n) is 12.4. The maximum absolute atomic E-state index is 12.0. The Labute approximate surface area is 125 Å². The number of pyridine rings is 1. The van der Waals surface area contributed by atoms with Crippen LogP contribution in [0.1, 0.15) is 35.5 Å². The van der Waals surface area contributed by atoms with Crippen molar-refractivity contribution >= 4 is 12.2 Å². The molecule has 1 aromatic rings. The van der Waals surface area contributed by atoms with Crippen LogP contribution in [0.25, 0.3) is 0 Å². The van der Waals surface area contributed by atoms with E-state index < -0.39 is 0 Å². The second kappa shape index (κ2) is 8.64. The number of allylic oxidation sites excluding steroid dienone is 5. The van der Waals surface area contributed by atoms with Crippen molar-refractivity contribution in [3.8, 4) is 0 Å². The minimum absolute atomic E-state index is 0.129. The first-order valence-electron chi connectivity index (χ1n) is 6.79. The molecule has 0 saturated carbocycles. The van der Waals surface area contributed by atoms with Gasteiger partial charge in [0.2, 0.25) is 5.91 Å². The topological polar surface area (TPSA) is 59.1 Å². The Morgan fingerprint density at radius 2 is 2.19 bits per heavy atom. The monoisotopic (exact) mass is 284 g/mol. The highest BCUT2D eigenvalue weighted by Crippen LogP contribution is 2.10. The van der Waals surface area contributed by atoms with Gasteiger partial charge >= 0.3 is 0 Å². The fraction of sp³-hybridized carbons (Fsp3) is 0.235. The van der Waals surface area contributed by atoms with Crippen LogP contribution in [0.3, 0.4) is 0 Å². The van der Waals surface area contributed by atoms with Gasteiger partial charge in [0.15, 0.2) is 6.29 Å². The lowest BCUT2D eigenvalue weighted by molar-refractivity contribution is -0.119. The van der Waals surface area contributed by atoms with Gasteiger partial charge in [-0.15, -0.1) is 0 Å². The van der Waals surface area contributed by atoms with E-state index in [4.69, 9.17) is 0 Å². The first-order chi connectivity index (χ1) is 10.1. The number of rotatable bonds is 7. The number of nitrogens with one attached hydrogen (secondary N) is 1. The van der Waals surface area contributed by atoms with Crippen molar-refractivity contribution < 1.29 is 9.59 Å². The van der Waals surface area contributed by atoms with Crippen LogP contribution in [0.15, 0.2) is 48.8 Å². The second-order valence-electron chi connectivity index (χ2n) is 4.54. The molecule has 0 aliphatic rings. The summed E-state index contributed by atoms with van der Waals surface area (Å²) >= 11 is 0. The first-order valence-corrected chi connectivity index (χ1v) is 6.79. The number of aryl methyl sites for hydroxylation is 1. The number of nitrogens with zero attached hydrogens (tertiary/aromatic N) is 1. The van der Waals surface area contributed by atoms with Gasteiger partial charge in [0.1, 0.15) is 0 Å². The molecule has 1 heterocycles. The molecule has 0 atom stereocenters. The summed E-state index contributed by atoms with van der Waals surface area (Å²) in [6.07, 6.45) is 10.2. The van der Waals surface area contributed by atoms with Gasteiger partial charge in [-0.2, -0.15) is 0 Å². The van der Waals surface area contributed by atoms with E-state index in [0.717, 1.165) is 29.7 Å². The third kappa shape index (κ3) is 5.57. The van der Waals surface area contributed by atoms with Gasteiger partial charge in [0.25, 0.3) is 0 Å². The molecule has 1 amide bonds. The average Bonchev–Trinajstić information content (AvgIpc) is 2.47. The summed E-state index contributed by atoms with van der Waals surface area (Å²) in [6.45, 7) is 7.35. The molecule has 0 saturated heterocycles. The SMILES string of the molecule is C=C/C=C\C=C(/C)NC(=O)Cc1cc(C=O)cnc1CC. The van der Waals surface area contributed by atoms with E-state index >= 15 is 0 Å². The molecule has 0 spiro atoms. The van der Waals surface area contributed by atoms with Gasteiger partial charge in [-0.05, 0) is 31.1 Å². The molecular weight excluding hydrogens is 264 g/mol. The molecule has 0 aliphatic carbocycles. The average molecular weight is 284 g/mol. The number of amides is 1. The molecule has 4 nitrogen and oxygen atoms in total. The lowest BCUT2D eigenvalue weighted by atomic mass is 10.1. The predicted octanol–water partition coefficient (Wildman–Crippen LogP) is 2.76. The molecule has 4 heteroatoms. The van der Waals surface area contributed by atoms with Crippen molar-refractivity contribution in [3.05, 3.63) is 65.7 Å². The van der Waals surface area contributed by atoms with Crippen LogP contribution in [0.4, 0.5) is 0 Å². The van der Waals surface area contributed by atoms with Crippen molar-refractivity contribution in [1.82, 2.24) is 10.3 Å². The van der Waals surface area contributed by atoms with E-state index in [2.05, 4.69) is 16.9 Å². The molecule has 0 fully saturated rings. The van der Waals surface area contributed by atoms with Crippen molar-refractivity contribution in [1.29, 1.82) is 0 Å². The molecule has 21 heavy (non-hydrogen) atoms. The van der Waals surface area contributed by atoms with Gasteiger partial charge in [-0.1, -0.05) is 31.7 Å². The van der Waals surface area contributed by atoms with Crippen LogP contribution in [0.2, 0.25) is 0 Å². The second-order valence-corrected chi connectivity index (χ2v) is 4.54. The standard InChI is InChI=1S/C17H20N2O2/c1-4-6-7-8-13(3)19-17(21)10-15-9-14(12-20)11-18-16(15)5-2/h4,6-9,11-12H,1,5,10H2,2-3H3,(H,19,21)/b7-6-,13-8+. The molecule has 0 unspecified atom stereocenters. The highest BCUT2D eigenvalue weighted by molar-refractivity contribution is 5.81. The molecule has 0 radical (unpaired) electrons. The lowest BCUT2D eigenvalue weighted by Crippen LogP contribution is -2.24. The molecule has 0 bridgehead atoms. The van der Waals surface area contributed by atoms with E-state index in [1.165, 1.54) is 6.20 Å². The van der Waals surface area contributed by atoms with Gasteiger partial charge in [0, 0.05) is 23.2 Å². The van der Waals surface area contributed by atoms with Gasteiger partial charge in [-0.25, -0.2) is 0 Å². The molecule has 0 aliphatic heterocycles.